The molecule has 0 aliphatic heterocycles. The van der Waals surface area contributed by atoms with E-state index in [9.17, 15) is 4.79 Å². The van der Waals surface area contributed by atoms with Crippen molar-refractivity contribution in [3.8, 4) is 0 Å². The molecule has 1 amide bonds. The molecule has 2 bridgehead atoms. The fraction of sp³-hybridized carbons (Fsp3) is 0.588. The summed E-state index contributed by atoms with van der Waals surface area (Å²) in [6, 6.07) is 6.23. The third-order valence-electron chi connectivity index (χ3n) is 5.31. The Bertz CT molecular complexity index is 537. The van der Waals surface area contributed by atoms with Crippen molar-refractivity contribution in [1.82, 2.24) is 0 Å². The third kappa shape index (κ3) is 3.50. The van der Waals surface area contributed by atoms with Crippen LogP contribution in [0.2, 0.25) is 0 Å². The van der Waals surface area contributed by atoms with Crippen molar-refractivity contribution in [1.29, 1.82) is 0 Å². The maximum absolute atomic E-state index is 12.6. The van der Waals surface area contributed by atoms with E-state index < -0.39 is 0 Å². The molecule has 3 nitrogen and oxygen atoms in total. The molecule has 2 aliphatic carbocycles. The summed E-state index contributed by atoms with van der Waals surface area (Å²) in [6.45, 7) is 2.02. The molecule has 0 heterocycles. The van der Waals surface area contributed by atoms with Gasteiger partial charge in [0.2, 0.25) is 5.91 Å². The second kappa shape index (κ2) is 7.33. The summed E-state index contributed by atoms with van der Waals surface area (Å²) in [4.78, 5) is 12.6. The standard InChI is InChI=1S/C17H23BrN2O.ClH/c1-10-14(18)6-3-7-15(10)20-17(21)13-8-11-4-2-5-12(9-13)16(11)19;/h3,6-7,11-13,16H,2,4-5,8-9,19H2,1H3,(H,20,21);1H. The molecular weight excluding hydrogens is 364 g/mol. The van der Waals surface area contributed by atoms with Crippen LogP contribution >= 0.6 is 28.3 Å². The number of benzene rings is 1. The van der Waals surface area contributed by atoms with Crippen LogP contribution in [-0.2, 0) is 4.79 Å². The van der Waals surface area contributed by atoms with E-state index in [1.807, 2.05) is 25.1 Å². The molecular formula is C17H24BrClN2O. The predicted octanol–water partition coefficient (Wildman–Crippen LogP) is 4.27. The van der Waals surface area contributed by atoms with E-state index in [0.717, 1.165) is 28.6 Å². The first-order chi connectivity index (χ1) is 10.1. The number of amides is 1. The van der Waals surface area contributed by atoms with Gasteiger partial charge < -0.3 is 11.1 Å². The monoisotopic (exact) mass is 386 g/mol. The van der Waals surface area contributed by atoms with Crippen LogP contribution in [0.25, 0.3) is 0 Å². The van der Waals surface area contributed by atoms with Crippen LogP contribution in [0.5, 0.6) is 0 Å². The highest BCUT2D eigenvalue weighted by atomic mass is 79.9. The number of carbonyl (C=O) groups is 1. The average Bonchev–Trinajstić information content (AvgIpc) is 2.43. The molecule has 2 aliphatic rings. The Morgan fingerprint density at radius 2 is 1.91 bits per heavy atom. The lowest BCUT2D eigenvalue weighted by Crippen LogP contribution is -2.48. The van der Waals surface area contributed by atoms with Crippen LogP contribution in [0.3, 0.4) is 0 Å². The fourth-order valence-electron chi connectivity index (χ4n) is 3.98. The van der Waals surface area contributed by atoms with Crippen molar-refractivity contribution < 1.29 is 4.79 Å². The number of carbonyl (C=O) groups excluding carboxylic acids is 1. The van der Waals surface area contributed by atoms with Gasteiger partial charge in [-0.15, -0.1) is 12.4 Å². The molecule has 0 saturated heterocycles. The molecule has 0 radical (unpaired) electrons. The van der Waals surface area contributed by atoms with Crippen LogP contribution in [0.15, 0.2) is 22.7 Å². The van der Waals surface area contributed by atoms with Gasteiger partial charge in [-0.1, -0.05) is 28.4 Å². The Labute approximate surface area is 147 Å². The van der Waals surface area contributed by atoms with Crippen LogP contribution in [0.1, 0.15) is 37.7 Å². The molecule has 2 fully saturated rings. The van der Waals surface area contributed by atoms with Gasteiger partial charge in [0.25, 0.3) is 0 Å². The summed E-state index contributed by atoms with van der Waals surface area (Å²) < 4.78 is 1.03. The van der Waals surface area contributed by atoms with Crippen molar-refractivity contribution in [3.05, 3.63) is 28.2 Å². The van der Waals surface area contributed by atoms with E-state index in [-0.39, 0.29) is 24.2 Å². The number of fused-ring (bicyclic) bond motifs is 2. The molecule has 2 saturated carbocycles. The first-order valence-electron chi connectivity index (χ1n) is 7.88. The molecule has 1 aromatic rings. The lowest BCUT2D eigenvalue weighted by atomic mass is 9.65. The topological polar surface area (TPSA) is 55.1 Å². The van der Waals surface area contributed by atoms with Crippen molar-refractivity contribution >= 4 is 39.9 Å². The Kier molecular flexibility index (Phi) is 5.92. The maximum atomic E-state index is 12.6. The predicted molar refractivity (Wildman–Crippen MR) is 96.3 cm³/mol. The SMILES string of the molecule is Cc1c(Br)cccc1NC(=O)C1CC2CCCC(C1)C2N.Cl. The second-order valence-corrected chi connectivity index (χ2v) is 7.45. The minimum Gasteiger partial charge on any atom is -0.327 e. The molecule has 2 atom stereocenters. The minimum absolute atomic E-state index is 0. The summed E-state index contributed by atoms with van der Waals surface area (Å²) in [5.74, 6) is 1.37. The number of halogens is 2. The van der Waals surface area contributed by atoms with Crippen molar-refractivity contribution in [2.75, 3.05) is 5.32 Å². The highest BCUT2D eigenvalue weighted by Gasteiger charge is 2.40. The highest BCUT2D eigenvalue weighted by molar-refractivity contribution is 9.10. The van der Waals surface area contributed by atoms with Gasteiger partial charge in [0, 0.05) is 22.1 Å². The Morgan fingerprint density at radius 3 is 2.55 bits per heavy atom. The normalized spacial score (nSPS) is 30.3. The first kappa shape index (κ1) is 17.8. The second-order valence-electron chi connectivity index (χ2n) is 6.60. The molecule has 22 heavy (non-hydrogen) atoms. The molecule has 0 spiro atoms. The number of rotatable bonds is 2. The summed E-state index contributed by atoms with van der Waals surface area (Å²) in [5.41, 5.74) is 8.30. The lowest BCUT2D eigenvalue weighted by molar-refractivity contribution is -0.122. The molecule has 3 rings (SSSR count). The number of anilines is 1. The average molecular weight is 388 g/mol. The van der Waals surface area contributed by atoms with E-state index in [4.69, 9.17) is 5.73 Å². The molecule has 3 N–H and O–H groups in total. The Morgan fingerprint density at radius 1 is 1.27 bits per heavy atom. The van der Waals surface area contributed by atoms with Gasteiger partial charge in [0.1, 0.15) is 0 Å². The molecule has 5 heteroatoms. The third-order valence-corrected chi connectivity index (χ3v) is 6.17. The zero-order valence-electron chi connectivity index (χ0n) is 12.8. The molecule has 0 aromatic heterocycles. The van der Waals surface area contributed by atoms with Crippen LogP contribution in [-0.4, -0.2) is 11.9 Å². The molecule has 1 aromatic carbocycles. The number of hydrogen-bond acceptors (Lipinski definition) is 2. The molecule has 2 unspecified atom stereocenters. The number of hydrogen-bond donors (Lipinski definition) is 2. The summed E-state index contributed by atoms with van der Waals surface area (Å²) in [5, 5.41) is 3.12. The number of nitrogens with one attached hydrogen (secondary N) is 1. The van der Waals surface area contributed by atoms with E-state index in [2.05, 4.69) is 21.2 Å². The minimum atomic E-state index is 0. The zero-order valence-corrected chi connectivity index (χ0v) is 15.3. The van der Waals surface area contributed by atoms with E-state index in [1.54, 1.807) is 0 Å². The van der Waals surface area contributed by atoms with E-state index >= 15 is 0 Å². The van der Waals surface area contributed by atoms with Gasteiger partial charge in [-0.3, -0.25) is 4.79 Å². The van der Waals surface area contributed by atoms with Crippen LogP contribution < -0.4 is 11.1 Å². The van der Waals surface area contributed by atoms with Gasteiger partial charge in [0.05, 0.1) is 0 Å². The number of nitrogens with two attached hydrogens (primary N) is 1. The Hall–Kier alpha value is -0.580. The fourth-order valence-corrected chi connectivity index (χ4v) is 4.35. The first-order valence-corrected chi connectivity index (χ1v) is 8.67. The van der Waals surface area contributed by atoms with Gasteiger partial charge in [-0.2, -0.15) is 0 Å². The van der Waals surface area contributed by atoms with Gasteiger partial charge >= 0.3 is 0 Å². The Balaban J connectivity index is 0.00000176. The summed E-state index contributed by atoms with van der Waals surface area (Å²) >= 11 is 3.51. The van der Waals surface area contributed by atoms with E-state index in [0.29, 0.717) is 17.9 Å². The lowest BCUT2D eigenvalue weighted by Gasteiger charge is -2.43. The highest BCUT2D eigenvalue weighted by Crippen LogP contribution is 2.42. The van der Waals surface area contributed by atoms with Gasteiger partial charge in [0.15, 0.2) is 0 Å². The van der Waals surface area contributed by atoms with Crippen molar-refractivity contribution in [3.63, 3.8) is 0 Å². The van der Waals surface area contributed by atoms with Crippen molar-refractivity contribution in [2.45, 2.75) is 45.1 Å². The summed E-state index contributed by atoms with van der Waals surface area (Å²) in [7, 11) is 0. The van der Waals surface area contributed by atoms with Crippen LogP contribution in [0.4, 0.5) is 5.69 Å². The van der Waals surface area contributed by atoms with E-state index in [1.165, 1.54) is 19.3 Å². The zero-order chi connectivity index (χ0) is 15.0. The summed E-state index contributed by atoms with van der Waals surface area (Å²) in [6.07, 6.45) is 5.57. The van der Waals surface area contributed by atoms with Gasteiger partial charge in [-0.05, 0) is 62.1 Å². The largest absolute Gasteiger partial charge is 0.327 e. The van der Waals surface area contributed by atoms with Crippen LogP contribution in [0, 0.1) is 24.7 Å². The maximum Gasteiger partial charge on any atom is 0.227 e. The smallest absolute Gasteiger partial charge is 0.227 e. The molecule has 122 valence electrons. The quantitative estimate of drug-likeness (QED) is 0.796. The van der Waals surface area contributed by atoms with Gasteiger partial charge in [-0.25, -0.2) is 0 Å². The van der Waals surface area contributed by atoms with Crippen molar-refractivity contribution in [2.24, 2.45) is 23.5 Å².